The average molecular weight is 491 g/mol. The predicted octanol–water partition coefficient (Wildman–Crippen LogP) is 1.52. The maximum atomic E-state index is 13.4. The minimum Gasteiger partial charge on any atom is -0.394 e. The van der Waals surface area contributed by atoms with Crippen LogP contribution in [0.5, 0.6) is 0 Å². The number of aliphatic hydroxyl groups excluding tert-OH is 1. The van der Waals surface area contributed by atoms with Crippen molar-refractivity contribution in [2.24, 2.45) is 0 Å². The van der Waals surface area contributed by atoms with E-state index in [-0.39, 0.29) is 22.8 Å². The van der Waals surface area contributed by atoms with Crippen molar-refractivity contribution in [1.29, 1.82) is 0 Å². The van der Waals surface area contributed by atoms with Gasteiger partial charge in [0.15, 0.2) is 0 Å². The van der Waals surface area contributed by atoms with E-state index in [0.717, 1.165) is 24.3 Å². The highest BCUT2D eigenvalue weighted by Crippen LogP contribution is 2.24. The minimum absolute atomic E-state index is 0.0152. The van der Waals surface area contributed by atoms with Crippen LogP contribution in [-0.4, -0.2) is 53.3 Å². The number of halogens is 2. The third-order valence-corrected chi connectivity index (χ3v) is 8.02. The fraction of sp³-hybridized carbons (Fsp3) is 0.400. The van der Waals surface area contributed by atoms with E-state index in [9.17, 15) is 30.7 Å². The van der Waals surface area contributed by atoms with Crippen LogP contribution in [0.15, 0.2) is 58.3 Å². The average Bonchev–Trinajstić information content (AvgIpc) is 2.74. The van der Waals surface area contributed by atoms with Crippen LogP contribution in [0.3, 0.4) is 0 Å². The summed E-state index contributed by atoms with van der Waals surface area (Å²) in [6.07, 6.45) is -0.251. The Bertz CT molecular complexity index is 1140. The fourth-order valence-corrected chi connectivity index (χ4v) is 5.86. The molecule has 176 valence electrons. The highest BCUT2D eigenvalue weighted by Gasteiger charge is 2.34. The van der Waals surface area contributed by atoms with Crippen LogP contribution in [0.4, 0.5) is 8.78 Å². The summed E-state index contributed by atoms with van der Waals surface area (Å²) < 4.78 is 86.8. The van der Waals surface area contributed by atoms with Crippen LogP contribution >= 0.6 is 0 Å². The number of sulfonamides is 2. The molecule has 0 amide bonds. The highest BCUT2D eigenvalue weighted by atomic mass is 32.2. The molecule has 3 atom stereocenters. The van der Waals surface area contributed by atoms with E-state index in [1.165, 1.54) is 24.3 Å². The number of aliphatic hydroxyl groups is 1. The van der Waals surface area contributed by atoms with Gasteiger partial charge in [0.25, 0.3) is 0 Å². The molecule has 1 heterocycles. The SMILES string of the molecule is O=S(=O)(NCC[C@H]1CC[C@@H](NS(=O)(=O)c2cccc(F)c2)[C@@H](CO)O1)c1cccc(F)c1. The molecular formula is C20H24F2N2O6S2. The molecule has 0 radical (unpaired) electrons. The molecule has 0 saturated carbocycles. The number of nitrogens with one attached hydrogen (secondary N) is 2. The number of hydrogen-bond donors (Lipinski definition) is 3. The van der Waals surface area contributed by atoms with E-state index in [1.54, 1.807) is 0 Å². The molecule has 3 N–H and O–H groups in total. The Hall–Kier alpha value is -1.96. The van der Waals surface area contributed by atoms with E-state index in [0.29, 0.717) is 12.8 Å². The van der Waals surface area contributed by atoms with Gasteiger partial charge in [-0.3, -0.25) is 0 Å². The first-order chi connectivity index (χ1) is 15.1. The summed E-state index contributed by atoms with van der Waals surface area (Å²) in [6, 6.07) is 8.47. The van der Waals surface area contributed by atoms with Crippen molar-refractivity contribution in [3.8, 4) is 0 Å². The largest absolute Gasteiger partial charge is 0.394 e. The maximum Gasteiger partial charge on any atom is 0.241 e. The van der Waals surface area contributed by atoms with Gasteiger partial charge in [-0.2, -0.15) is 0 Å². The molecule has 1 aliphatic rings. The molecule has 32 heavy (non-hydrogen) atoms. The van der Waals surface area contributed by atoms with Crippen molar-refractivity contribution in [2.75, 3.05) is 13.2 Å². The summed E-state index contributed by atoms with van der Waals surface area (Å²) in [5, 5.41) is 9.65. The van der Waals surface area contributed by atoms with Crippen LogP contribution in [0.2, 0.25) is 0 Å². The van der Waals surface area contributed by atoms with Gasteiger partial charge in [-0.1, -0.05) is 12.1 Å². The molecule has 0 spiro atoms. The lowest BCUT2D eigenvalue weighted by Crippen LogP contribution is -2.51. The molecule has 8 nitrogen and oxygen atoms in total. The Balaban J connectivity index is 1.55. The summed E-state index contributed by atoms with van der Waals surface area (Å²) in [4.78, 5) is -0.426. The topological polar surface area (TPSA) is 122 Å². The third kappa shape index (κ3) is 6.30. The molecule has 1 fully saturated rings. The Morgan fingerprint density at radius 3 is 2.09 bits per heavy atom. The smallest absolute Gasteiger partial charge is 0.241 e. The van der Waals surface area contributed by atoms with Crippen molar-refractivity contribution in [2.45, 2.75) is 47.3 Å². The van der Waals surface area contributed by atoms with Crippen molar-refractivity contribution in [3.63, 3.8) is 0 Å². The monoisotopic (exact) mass is 490 g/mol. The quantitative estimate of drug-likeness (QED) is 0.490. The first kappa shape index (κ1) is 24.7. The molecule has 0 aliphatic carbocycles. The van der Waals surface area contributed by atoms with E-state index >= 15 is 0 Å². The molecule has 2 aromatic rings. The maximum absolute atomic E-state index is 13.4. The van der Waals surface area contributed by atoms with Crippen LogP contribution in [-0.2, 0) is 24.8 Å². The van der Waals surface area contributed by atoms with Crippen LogP contribution in [0.1, 0.15) is 19.3 Å². The van der Waals surface area contributed by atoms with Crippen molar-refractivity contribution < 1.29 is 35.5 Å². The zero-order valence-electron chi connectivity index (χ0n) is 16.9. The van der Waals surface area contributed by atoms with Gasteiger partial charge >= 0.3 is 0 Å². The Morgan fingerprint density at radius 1 is 0.938 bits per heavy atom. The van der Waals surface area contributed by atoms with E-state index in [4.69, 9.17) is 4.74 Å². The highest BCUT2D eigenvalue weighted by molar-refractivity contribution is 7.89. The zero-order chi connectivity index (χ0) is 23.4. The fourth-order valence-electron chi connectivity index (χ4n) is 3.45. The Kier molecular flexibility index (Phi) is 7.96. The zero-order valence-corrected chi connectivity index (χ0v) is 18.6. The normalized spacial score (nSPS) is 22.0. The van der Waals surface area contributed by atoms with Gasteiger partial charge in [0.05, 0.1) is 34.6 Å². The van der Waals surface area contributed by atoms with Crippen LogP contribution < -0.4 is 9.44 Å². The first-order valence-electron chi connectivity index (χ1n) is 9.90. The molecular weight excluding hydrogens is 466 g/mol. The summed E-state index contributed by atoms with van der Waals surface area (Å²) in [7, 11) is -7.91. The molecule has 0 bridgehead atoms. The van der Waals surface area contributed by atoms with Crippen LogP contribution in [0.25, 0.3) is 0 Å². The summed E-state index contributed by atoms with van der Waals surface area (Å²) in [5.41, 5.74) is 0. The third-order valence-electron chi connectivity index (χ3n) is 5.07. The van der Waals surface area contributed by atoms with Crippen LogP contribution in [0, 0.1) is 11.6 Å². The van der Waals surface area contributed by atoms with Gasteiger partial charge in [0.1, 0.15) is 11.6 Å². The van der Waals surface area contributed by atoms with Crippen molar-refractivity contribution >= 4 is 20.0 Å². The lowest BCUT2D eigenvalue weighted by atomic mass is 9.98. The van der Waals surface area contributed by atoms with Gasteiger partial charge in [0.2, 0.25) is 20.0 Å². The summed E-state index contributed by atoms with van der Waals surface area (Å²) >= 11 is 0. The van der Waals surface area contributed by atoms with Gasteiger partial charge < -0.3 is 9.84 Å². The number of rotatable bonds is 9. The van der Waals surface area contributed by atoms with Crippen molar-refractivity contribution in [3.05, 3.63) is 60.2 Å². The van der Waals surface area contributed by atoms with E-state index in [2.05, 4.69) is 9.44 Å². The predicted molar refractivity (Wildman–Crippen MR) is 112 cm³/mol. The minimum atomic E-state index is -4.02. The molecule has 0 aromatic heterocycles. The summed E-state index contributed by atoms with van der Waals surface area (Å²) in [6.45, 7) is -0.441. The van der Waals surface area contributed by atoms with E-state index in [1.807, 2.05) is 0 Å². The Morgan fingerprint density at radius 2 is 1.53 bits per heavy atom. The first-order valence-corrected chi connectivity index (χ1v) is 12.9. The van der Waals surface area contributed by atoms with Gasteiger partial charge in [-0.05, 0) is 55.7 Å². The number of ether oxygens (including phenoxy) is 1. The Labute approximate surface area is 185 Å². The number of hydrogen-bond acceptors (Lipinski definition) is 6. The van der Waals surface area contributed by atoms with Gasteiger partial charge in [0, 0.05) is 6.54 Å². The molecule has 12 heteroatoms. The lowest BCUT2D eigenvalue weighted by Gasteiger charge is -2.36. The van der Waals surface area contributed by atoms with Crippen molar-refractivity contribution in [1.82, 2.24) is 9.44 Å². The second-order valence-electron chi connectivity index (χ2n) is 7.39. The summed E-state index contributed by atoms with van der Waals surface area (Å²) in [5.74, 6) is -1.35. The number of benzene rings is 2. The lowest BCUT2D eigenvalue weighted by molar-refractivity contribution is -0.0869. The molecule has 1 saturated heterocycles. The molecule has 0 unspecified atom stereocenters. The second kappa shape index (κ2) is 10.3. The standard InChI is InChI=1S/C20H24F2N2O6S2/c21-14-3-1-5-17(11-14)31(26,27)23-10-9-16-7-8-19(20(13-25)30-16)24-32(28,29)18-6-2-4-15(22)12-18/h1-6,11-12,16,19-20,23-25H,7-10,13H2/t16-,19-,20-/m1/s1. The van der Waals surface area contributed by atoms with Gasteiger partial charge in [-0.15, -0.1) is 0 Å². The van der Waals surface area contributed by atoms with E-state index < -0.39 is 56.5 Å². The molecule has 3 rings (SSSR count). The molecule has 2 aromatic carbocycles. The molecule has 1 aliphatic heterocycles. The second-order valence-corrected chi connectivity index (χ2v) is 10.9. The van der Waals surface area contributed by atoms with Gasteiger partial charge in [-0.25, -0.2) is 35.1 Å².